The molecule has 0 aliphatic heterocycles. The highest BCUT2D eigenvalue weighted by Crippen LogP contribution is 2.20. The number of guanidine groups is 1. The van der Waals surface area contributed by atoms with Gasteiger partial charge in [-0.15, -0.1) is 0 Å². The van der Waals surface area contributed by atoms with Crippen LogP contribution in [-0.2, 0) is 19.6 Å². The molecule has 0 aliphatic rings. The molecule has 218 valence electrons. The summed E-state index contributed by atoms with van der Waals surface area (Å²) in [5.41, 5.74) is -5.65. The summed E-state index contributed by atoms with van der Waals surface area (Å²) in [6, 6.07) is 0. The van der Waals surface area contributed by atoms with Gasteiger partial charge in [-0.2, -0.15) is 13.2 Å². The Balaban J connectivity index is 0. The van der Waals surface area contributed by atoms with Crippen molar-refractivity contribution in [1.29, 1.82) is 0 Å². The number of methoxy groups -OCH3 is 2. The Hall–Kier alpha value is -1.11. The van der Waals surface area contributed by atoms with Crippen LogP contribution in [0.2, 0.25) is 0 Å². The van der Waals surface area contributed by atoms with Crippen LogP contribution in [0.4, 0.5) is 13.2 Å². The lowest BCUT2D eigenvalue weighted by Gasteiger charge is -2.31. The van der Waals surface area contributed by atoms with Gasteiger partial charge in [0, 0.05) is 14.2 Å². The molecule has 0 amide bonds. The summed E-state index contributed by atoms with van der Waals surface area (Å²) in [4.78, 5) is 5.17. The van der Waals surface area contributed by atoms with Gasteiger partial charge < -0.3 is 14.0 Å². The maximum absolute atomic E-state index is 10.7. The van der Waals surface area contributed by atoms with Gasteiger partial charge in [-0.05, 0) is 25.7 Å². The number of hydrogen-bond donors (Lipinski definition) is 0. The van der Waals surface area contributed by atoms with Crippen molar-refractivity contribution in [2.45, 2.75) is 84.6 Å². The van der Waals surface area contributed by atoms with Gasteiger partial charge in [0.2, 0.25) is 0 Å². The fraction of sp³-hybridized carbons (Fsp3) is 0.958. The SMILES string of the molecule is CCCCN(CCCC)C(N(CCOC)CCOC)=[N+](CCCC)CCCC.O=S(=O)([O-])C(F)(F)F. The molecule has 0 aromatic carbocycles. The average molecular weight is 550 g/mol. The molecule has 0 N–H and O–H groups in total. The van der Waals surface area contributed by atoms with E-state index in [4.69, 9.17) is 22.4 Å². The minimum atomic E-state index is -6.09. The highest BCUT2D eigenvalue weighted by Gasteiger charge is 2.37. The first-order chi connectivity index (χ1) is 16.9. The number of alkyl halides is 3. The number of unbranched alkanes of at least 4 members (excludes halogenated alkanes) is 4. The summed E-state index contributed by atoms with van der Waals surface area (Å²) in [6.07, 6.45) is 9.89. The van der Waals surface area contributed by atoms with Gasteiger partial charge in [-0.25, -0.2) is 8.42 Å². The number of hydrogen-bond acceptors (Lipinski definition) is 5. The molecule has 0 unspecified atom stereocenters. The fourth-order valence-electron chi connectivity index (χ4n) is 3.33. The second kappa shape index (κ2) is 21.9. The van der Waals surface area contributed by atoms with Gasteiger partial charge in [0.1, 0.15) is 0 Å². The van der Waals surface area contributed by atoms with Crippen molar-refractivity contribution in [2.24, 2.45) is 0 Å². The van der Waals surface area contributed by atoms with Gasteiger partial charge in [-0.1, -0.05) is 53.4 Å². The molecule has 0 saturated heterocycles. The molecule has 0 aliphatic carbocycles. The first-order valence-electron chi connectivity index (χ1n) is 13.1. The predicted molar refractivity (Wildman–Crippen MR) is 137 cm³/mol. The van der Waals surface area contributed by atoms with Gasteiger partial charge in [0.05, 0.1) is 52.5 Å². The summed E-state index contributed by atoms with van der Waals surface area (Å²) in [6.45, 7) is 17.0. The second-order valence-electron chi connectivity index (χ2n) is 8.56. The Bertz CT molecular complexity index is 614. The van der Waals surface area contributed by atoms with E-state index in [1.165, 1.54) is 57.3 Å². The summed E-state index contributed by atoms with van der Waals surface area (Å²) in [5, 5.41) is 0. The van der Waals surface area contributed by atoms with E-state index < -0.39 is 15.6 Å². The summed E-state index contributed by atoms with van der Waals surface area (Å²) >= 11 is 0. The highest BCUT2D eigenvalue weighted by molar-refractivity contribution is 7.86. The first-order valence-corrected chi connectivity index (χ1v) is 14.5. The van der Waals surface area contributed by atoms with Crippen molar-refractivity contribution in [2.75, 3.05) is 66.7 Å². The third kappa shape index (κ3) is 17.4. The molecule has 0 fully saturated rings. The van der Waals surface area contributed by atoms with E-state index in [2.05, 4.69) is 42.1 Å². The molecule has 0 radical (unpaired) electrons. The minimum absolute atomic E-state index is 0.748. The zero-order valence-corrected chi connectivity index (χ0v) is 24.1. The molecule has 12 heteroatoms. The number of rotatable bonds is 18. The number of ether oxygens (including phenoxy) is 2. The van der Waals surface area contributed by atoms with E-state index in [0.29, 0.717) is 0 Å². The molecule has 0 spiro atoms. The monoisotopic (exact) mass is 549 g/mol. The molecule has 0 bridgehead atoms. The first kappa shape index (κ1) is 37.0. The molecule has 0 saturated carbocycles. The maximum Gasteiger partial charge on any atom is 0.485 e. The third-order valence-electron chi connectivity index (χ3n) is 5.39. The molecule has 8 nitrogen and oxygen atoms in total. The van der Waals surface area contributed by atoms with Crippen molar-refractivity contribution < 1.29 is 40.2 Å². The van der Waals surface area contributed by atoms with Crippen molar-refractivity contribution in [1.82, 2.24) is 9.80 Å². The topological polar surface area (TPSA) is 85.2 Å². The zero-order valence-electron chi connectivity index (χ0n) is 23.2. The van der Waals surface area contributed by atoms with E-state index in [1.54, 1.807) is 14.2 Å². The molecule has 0 aromatic rings. The molecule has 0 heterocycles. The van der Waals surface area contributed by atoms with Crippen LogP contribution < -0.4 is 0 Å². The van der Waals surface area contributed by atoms with Crippen LogP contribution >= 0.6 is 0 Å². The molecular formula is C24H50F3N3O5S. The number of halogens is 3. The smallest absolute Gasteiger partial charge is 0.485 e. The average Bonchev–Trinajstić information content (AvgIpc) is 2.81. The normalized spacial score (nSPS) is 11.6. The van der Waals surface area contributed by atoms with Crippen LogP contribution in [0.25, 0.3) is 0 Å². The Morgan fingerprint density at radius 2 is 1.08 bits per heavy atom. The standard InChI is InChI=1S/C23H50N3O2.CHF3O3S/c1-7-11-15-24(16-12-8-2)23(25(17-13-9-3)18-14-10-4)26(19-21-27-5)20-22-28-6;2-1(3,4)8(5,6)7/h7-22H2,1-6H3;(H,5,6,7)/q+1;/p-1. The van der Waals surface area contributed by atoms with Crippen molar-refractivity contribution in [3.63, 3.8) is 0 Å². The molecular weight excluding hydrogens is 499 g/mol. The molecule has 36 heavy (non-hydrogen) atoms. The minimum Gasteiger partial charge on any atom is -0.741 e. The fourth-order valence-corrected chi connectivity index (χ4v) is 3.33. The Morgan fingerprint density at radius 3 is 1.36 bits per heavy atom. The zero-order chi connectivity index (χ0) is 28.0. The number of nitrogens with zero attached hydrogens (tertiary/aromatic N) is 3. The largest absolute Gasteiger partial charge is 0.741 e. The van der Waals surface area contributed by atoms with Crippen LogP contribution in [0.5, 0.6) is 0 Å². The molecule has 0 aromatic heterocycles. The van der Waals surface area contributed by atoms with Crippen molar-refractivity contribution in [3.8, 4) is 0 Å². The van der Waals surface area contributed by atoms with E-state index in [0.717, 1.165) is 52.5 Å². The lowest BCUT2D eigenvalue weighted by Crippen LogP contribution is -2.52. The highest BCUT2D eigenvalue weighted by atomic mass is 32.2. The Morgan fingerprint density at radius 1 is 0.750 bits per heavy atom. The van der Waals surface area contributed by atoms with Crippen LogP contribution in [0.1, 0.15) is 79.1 Å². The lowest BCUT2D eigenvalue weighted by atomic mass is 10.2. The van der Waals surface area contributed by atoms with Gasteiger partial charge in [0.25, 0.3) is 0 Å². The Labute approximate surface area is 217 Å². The second-order valence-corrected chi connectivity index (χ2v) is 9.93. The quantitative estimate of drug-likeness (QED) is 0.0818. The van der Waals surface area contributed by atoms with Gasteiger partial charge in [-0.3, -0.25) is 14.4 Å². The third-order valence-corrected chi connectivity index (χ3v) is 5.96. The van der Waals surface area contributed by atoms with Crippen LogP contribution in [0.15, 0.2) is 0 Å². The van der Waals surface area contributed by atoms with Crippen molar-refractivity contribution >= 4 is 16.1 Å². The van der Waals surface area contributed by atoms with Crippen LogP contribution in [-0.4, -0.2) is 106 Å². The van der Waals surface area contributed by atoms with Crippen LogP contribution in [0, 0.1) is 0 Å². The summed E-state index contributed by atoms with van der Waals surface area (Å²) < 4.78 is 72.5. The van der Waals surface area contributed by atoms with Crippen LogP contribution in [0.3, 0.4) is 0 Å². The summed E-state index contributed by atoms with van der Waals surface area (Å²) in [5.74, 6) is 1.41. The molecule has 0 atom stereocenters. The molecule has 0 rings (SSSR count). The van der Waals surface area contributed by atoms with Gasteiger partial charge in [0.15, 0.2) is 10.1 Å². The van der Waals surface area contributed by atoms with E-state index >= 15 is 0 Å². The summed E-state index contributed by atoms with van der Waals surface area (Å²) in [7, 11) is -2.49. The van der Waals surface area contributed by atoms with Gasteiger partial charge >= 0.3 is 11.5 Å². The predicted octanol–water partition coefficient (Wildman–Crippen LogP) is 4.50. The van der Waals surface area contributed by atoms with E-state index in [1.807, 2.05) is 0 Å². The Kier molecular flexibility index (Phi) is 22.6. The van der Waals surface area contributed by atoms with E-state index in [-0.39, 0.29) is 0 Å². The van der Waals surface area contributed by atoms with E-state index in [9.17, 15) is 13.2 Å². The maximum atomic E-state index is 10.7. The lowest BCUT2D eigenvalue weighted by molar-refractivity contribution is -0.539. The van der Waals surface area contributed by atoms with Crippen molar-refractivity contribution in [3.05, 3.63) is 0 Å².